The maximum absolute atomic E-state index is 5.20. The lowest BCUT2D eigenvalue weighted by atomic mass is 10.1. The van der Waals surface area contributed by atoms with E-state index in [0.717, 1.165) is 24.5 Å². The number of nitrogens with zero attached hydrogens (tertiary/aromatic N) is 2. The molecule has 0 aliphatic rings. The van der Waals surface area contributed by atoms with Gasteiger partial charge in [-0.25, -0.2) is 0 Å². The molecule has 1 unspecified atom stereocenters. The molecule has 1 heterocycles. The third-order valence-corrected chi connectivity index (χ3v) is 3.52. The van der Waals surface area contributed by atoms with E-state index < -0.39 is 0 Å². The van der Waals surface area contributed by atoms with Gasteiger partial charge in [-0.3, -0.25) is 9.88 Å². The molecule has 0 fully saturated rings. The van der Waals surface area contributed by atoms with Crippen LogP contribution >= 0.6 is 0 Å². The number of likely N-dealkylation sites (N-methyl/N-ethyl adjacent to an activating group) is 2. The highest BCUT2D eigenvalue weighted by atomic mass is 16.5. The second kappa shape index (κ2) is 7.76. The minimum absolute atomic E-state index is 0.282. The van der Waals surface area contributed by atoms with Crippen LogP contribution in [-0.4, -0.2) is 37.6 Å². The number of nitrogens with one attached hydrogen (secondary N) is 1. The van der Waals surface area contributed by atoms with Gasteiger partial charge < -0.3 is 10.1 Å². The molecule has 4 heteroatoms. The van der Waals surface area contributed by atoms with Crippen molar-refractivity contribution in [1.82, 2.24) is 15.2 Å². The van der Waals surface area contributed by atoms with Gasteiger partial charge in [0.2, 0.25) is 0 Å². The molecule has 0 radical (unpaired) electrons. The fourth-order valence-electron chi connectivity index (χ4n) is 2.34. The van der Waals surface area contributed by atoms with E-state index in [9.17, 15) is 0 Å². The topological polar surface area (TPSA) is 37.4 Å². The molecule has 1 aromatic carbocycles. The highest BCUT2D eigenvalue weighted by Gasteiger charge is 2.12. The Morgan fingerprint density at radius 1 is 1.19 bits per heavy atom. The fraction of sp³-hybridized carbons (Fsp3) is 0.353. The predicted octanol–water partition coefficient (Wildman–Crippen LogP) is 2.48. The number of hydrogen-bond acceptors (Lipinski definition) is 4. The molecule has 0 saturated heterocycles. The summed E-state index contributed by atoms with van der Waals surface area (Å²) in [6, 6.07) is 14.5. The molecule has 21 heavy (non-hydrogen) atoms. The molecule has 1 N–H and O–H groups in total. The Kier molecular flexibility index (Phi) is 5.72. The number of benzene rings is 1. The molecule has 0 aliphatic heterocycles. The molecule has 0 spiro atoms. The van der Waals surface area contributed by atoms with Crippen LogP contribution in [0.1, 0.15) is 17.3 Å². The van der Waals surface area contributed by atoms with Gasteiger partial charge in [0.25, 0.3) is 0 Å². The first-order chi connectivity index (χ1) is 10.2. The van der Waals surface area contributed by atoms with Gasteiger partial charge in [-0.05, 0) is 43.9 Å². The van der Waals surface area contributed by atoms with Crippen LogP contribution in [0.25, 0.3) is 0 Å². The first kappa shape index (κ1) is 15.5. The minimum Gasteiger partial charge on any atom is -0.497 e. The van der Waals surface area contributed by atoms with Gasteiger partial charge in [0.1, 0.15) is 5.75 Å². The summed E-state index contributed by atoms with van der Waals surface area (Å²) in [5, 5.41) is 3.37. The van der Waals surface area contributed by atoms with Gasteiger partial charge in [-0.15, -0.1) is 0 Å². The molecule has 0 bridgehead atoms. The van der Waals surface area contributed by atoms with E-state index in [-0.39, 0.29) is 6.04 Å². The molecule has 1 atom stereocenters. The molecular formula is C17H23N3O. The standard InChI is InChI=1S/C17H23N3O/c1-18-17(14-7-9-16(21-3)10-8-14)13-20(2)12-15-6-4-5-11-19-15/h4-11,17-18H,12-13H2,1-3H3. The van der Waals surface area contributed by atoms with E-state index in [4.69, 9.17) is 4.74 Å². The summed E-state index contributed by atoms with van der Waals surface area (Å²) in [7, 11) is 5.79. The summed E-state index contributed by atoms with van der Waals surface area (Å²) < 4.78 is 5.20. The van der Waals surface area contributed by atoms with Crippen LogP contribution < -0.4 is 10.1 Å². The molecular weight excluding hydrogens is 262 g/mol. The van der Waals surface area contributed by atoms with Crippen LogP contribution in [-0.2, 0) is 6.54 Å². The van der Waals surface area contributed by atoms with Gasteiger partial charge in [0, 0.05) is 25.3 Å². The van der Waals surface area contributed by atoms with Crippen molar-refractivity contribution in [2.75, 3.05) is 27.7 Å². The van der Waals surface area contributed by atoms with Gasteiger partial charge in [-0.1, -0.05) is 18.2 Å². The molecule has 112 valence electrons. The summed E-state index contributed by atoms with van der Waals surface area (Å²) >= 11 is 0. The molecule has 4 nitrogen and oxygen atoms in total. The van der Waals surface area contributed by atoms with Crippen molar-refractivity contribution in [3.05, 3.63) is 59.9 Å². The van der Waals surface area contributed by atoms with Crippen molar-refractivity contribution in [2.45, 2.75) is 12.6 Å². The fourth-order valence-corrected chi connectivity index (χ4v) is 2.34. The van der Waals surface area contributed by atoms with Crippen LogP contribution in [0.2, 0.25) is 0 Å². The second-order valence-electron chi connectivity index (χ2n) is 5.13. The Labute approximate surface area is 126 Å². The van der Waals surface area contributed by atoms with E-state index in [1.807, 2.05) is 37.5 Å². The van der Waals surface area contributed by atoms with Crippen molar-refractivity contribution in [2.24, 2.45) is 0 Å². The van der Waals surface area contributed by atoms with E-state index in [1.165, 1.54) is 5.56 Å². The maximum atomic E-state index is 5.20. The summed E-state index contributed by atoms with van der Waals surface area (Å²) in [5.41, 5.74) is 2.34. The number of pyridine rings is 1. The molecule has 2 aromatic rings. The van der Waals surface area contributed by atoms with Gasteiger partial charge >= 0.3 is 0 Å². The zero-order valence-corrected chi connectivity index (χ0v) is 12.9. The molecule has 0 amide bonds. The number of ether oxygens (including phenoxy) is 1. The second-order valence-corrected chi connectivity index (χ2v) is 5.13. The largest absolute Gasteiger partial charge is 0.497 e. The number of rotatable bonds is 7. The lowest BCUT2D eigenvalue weighted by molar-refractivity contribution is 0.286. The summed E-state index contributed by atoms with van der Waals surface area (Å²) in [6.45, 7) is 1.76. The van der Waals surface area contributed by atoms with Crippen LogP contribution in [0, 0.1) is 0 Å². The van der Waals surface area contributed by atoms with Crippen molar-refractivity contribution in [3.8, 4) is 5.75 Å². The van der Waals surface area contributed by atoms with Gasteiger partial charge in [0.05, 0.1) is 12.8 Å². The van der Waals surface area contributed by atoms with Crippen molar-refractivity contribution in [1.29, 1.82) is 0 Å². The Hall–Kier alpha value is -1.91. The monoisotopic (exact) mass is 285 g/mol. The average Bonchev–Trinajstić information content (AvgIpc) is 2.53. The Morgan fingerprint density at radius 2 is 1.95 bits per heavy atom. The normalized spacial score (nSPS) is 12.4. The van der Waals surface area contributed by atoms with Gasteiger partial charge in [0.15, 0.2) is 0 Å². The third-order valence-electron chi connectivity index (χ3n) is 3.52. The molecule has 0 saturated carbocycles. The van der Waals surface area contributed by atoms with E-state index in [2.05, 4.69) is 40.4 Å². The average molecular weight is 285 g/mol. The molecule has 1 aromatic heterocycles. The first-order valence-corrected chi connectivity index (χ1v) is 7.12. The van der Waals surface area contributed by atoms with Crippen LogP contribution in [0.4, 0.5) is 0 Å². The third kappa shape index (κ3) is 4.55. The molecule has 2 rings (SSSR count). The lowest BCUT2D eigenvalue weighted by Gasteiger charge is -2.24. The molecule has 0 aliphatic carbocycles. The summed E-state index contributed by atoms with van der Waals surface area (Å²) in [5.74, 6) is 0.885. The highest BCUT2D eigenvalue weighted by molar-refractivity contribution is 5.29. The lowest BCUT2D eigenvalue weighted by Crippen LogP contribution is -2.31. The zero-order chi connectivity index (χ0) is 15.1. The Morgan fingerprint density at radius 3 is 2.52 bits per heavy atom. The van der Waals surface area contributed by atoms with E-state index in [0.29, 0.717) is 0 Å². The van der Waals surface area contributed by atoms with Crippen LogP contribution in [0.3, 0.4) is 0 Å². The Bertz CT molecular complexity index is 527. The number of hydrogen-bond donors (Lipinski definition) is 1. The number of methoxy groups -OCH3 is 1. The van der Waals surface area contributed by atoms with Crippen LogP contribution in [0.5, 0.6) is 5.75 Å². The predicted molar refractivity (Wildman–Crippen MR) is 85.4 cm³/mol. The van der Waals surface area contributed by atoms with Gasteiger partial charge in [-0.2, -0.15) is 0 Å². The van der Waals surface area contributed by atoms with Crippen molar-refractivity contribution in [3.63, 3.8) is 0 Å². The van der Waals surface area contributed by atoms with Crippen molar-refractivity contribution < 1.29 is 4.74 Å². The zero-order valence-electron chi connectivity index (χ0n) is 12.9. The van der Waals surface area contributed by atoms with Crippen LogP contribution in [0.15, 0.2) is 48.7 Å². The Balaban J connectivity index is 1.97. The highest BCUT2D eigenvalue weighted by Crippen LogP contribution is 2.18. The SMILES string of the molecule is CNC(CN(C)Cc1ccccn1)c1ccc(OC)cc1. The maximum Gasteiger partial charge on any atom is 0.118 e. The van der Waals surface area contributed by atoms with Crippen molar-refractivity contribution >= 4 is 0 Å². The first-order valence-electron chi connectivity index (χ1n) is 7.12. The number of aromatic nitrogens is 1. The minimum atomic E-state index is 0.282. The van der Waals surface area contributed by atoms with E-state index in [1.54, 1.807) is 7.11 Å². The summed E-state index contributed by atoms with van der Waals surface area (Å²) in [4.78, 5) is 6.64. The smallest absolute Gasteiger partial charge is 0.118 e. The quantitative estimate of drug-likeness (QED) is 0.848. The summed E-state index contributed by atoms with van der Waals surface area (Å²) in [6.07, 6.45) is 1.84. The van der Waals surface area contributed by atoms with E-state index >= 15 is 0 Å².